The molecular weight excluding hydrogens is 573 g/mol. The molecule has 5 rings (SSSR count). The van der Waals surface area contributed by atoms with Crippen LogP contribution in [0.3, 0.4) is 0 Å². The minimum atomic E-state index is -0.323. The summed E-state index contributed by atoms with van der Waals surface area (Å²) < 4.78 is 0. The number of benzene rings is 3. The molecule has 2 amide bonds. The maximum absolute atomic E-state index is 13.7. The normalized spacial score (nSPS) is 12.2. The Kier molecular flexibility index (Phi) is 8.52. The molecule has 0 bridgehead atoms. The van der Waals surface area contributed by atoms with Gasteiger partial charge in [-0.05, 0) is 60.4 Å². The van der Waals surface area contributed by atoms with E-state index < -0.39 is 0 Å². The van der Waals surface area contributed by atoms with Gasteiger partial charge < -0.3 is 9.97 Å². The number of thioether (sulfide) groups is 2. The zero-order valence-corrected chi connectivity index (χ0v) is 24.3. The van der Waals surface area contributed by atoms with Crippen molar-refractivity contribution in [1.82, 2.24) is 19.9 Å². The molecule has 5 aromatic rings. The van der Waals surface area contributed by atoms with Crippen molar-refractivity contribution in [2.45, 2.75) is 36.5 Å². The summed E-state index contributed by atoms with van der Waals surface area (Å²) in [5.74, 6) is -0.415. The number of carbonyl (C=O) groups is 2. The van der Waals surface area contributed by atoms with Crippen LogP contribution in [0.5, 0.6) is 0 Å². The maximum atomic E-state index is 13.7. The van der Waals surface area contributed by atoms with E-state index in [1.54, 1.807) is 24.3 Å². The predicted molar refractivity (Wildman–Crippen MR) is 161 cm³/mol. The summed E-state index contributed by atoms with van der Waals surface area (Å²) in [4.78, 5) is 44.1. The topological polar surface area (TPSA) is 94.7 Å². The van der Waals surface area contributed by atoms with Crippen LogP contribution in [-0.2, 0) is 9.59 Å². The molecule has 11 heteroatoms. The summed E-state index contributed by atoms with van der Waals surface area (Å²) in [7, 11) is 0. The molecule has 0 radical (unpaired) electrons. The van der Waals surface area contributed by atoms with Crippen molar-refractivity contribution in [3.8, 4) is 0 Å². The number of halogens is 2. The highest BCUT2D eigenvalue weighted by Crippen LogP contribution is 2.32. The molecule has 1 unspecified atom stereocenters. The number of imide groups is 1. The molecule has 2 N–H and O–H groups in total. The Balaban J connectivity index is 1.38. The van der Waals surface area contributed by atoms with Gasteiger partial charge in [-0.3, -0.25) is 9.59 Å². The number of carbonyl (C=O) groups excluding carboxylic acids is 2. The monoisotopic (exact) mass is 597 g/mol. The van der Waals surface area contributed by atoms with Crippen molar-refractivity contribution in [2.24, 2.45) is 0 Å². The minimum Gasteiger partial charge on any atom is -0.333 e. The third kappa shape index (κ3) is 6.27. The lowest BCUT2D eigenvalue weighted by atomic mass is 9.96. The van der Waals surface area contributed by atoms with E-state index in [1.165, 1.54) is 28.4 Å². The Morgan fingerprint density at radius 1 is 0.846 bits per heavy atom. The highest BCUT2D eigenvalue weighted by Gasteiger charge is 2.27. The fraction of sp³-hybridized carbons (Fsp3) is 0.214. The highest BCUT2D eigenvalue weighted by atomic mass is 35.5. The number of imidazole rings is 2. The van der Waals surface area contributed by atoms with Gasteiger partial charge in [0.1, 0.15) is 0 Å². The molecule has 7 nitrogen and oxygen atoms in total. The number of hydrogen-bond acceptors (Lipinski definition) is 6. The number of H-pyrrole nitrogens is 2. The number of nitrogens with one attached hydrogen (secondary N) is 2. The molecule has 2 aromatic heterocycles. The molecule has 0 spiro atoms. The average molecular weight is 599 g/mol. The first-order chi connectivity index (χ1) is 18.8. The molecule has 0 saturated carbocycles. The van der Waals surface area contributed by atoms with E-state index in [1.807, 2.05) is 36.4 Å². The largest absolute Gasteiger partial charge is 0.333 e. The van der Waals surface area contributed by atoms with Crippen molar-refractivity contribution < 1.29 is 9.59 Å². The SMILES string of the molecule is CCC(C)c1ccccc1N(C(=O)CSc1nc2ccc(Cl)cc2[nH]1)C(=O)CSc1nc2ccc(Cl)cc2[nH]1. The molecule has 0 saturated heterocycles. The van der Waals surface area contributed by atoms with Gasteiger partial charge in [-0.2, -0.15) is 0 Å². The zero-order valence-electron chi connectivity index (χ0n) is 21.2. The number of amides is 2. The van der Waals surface area contributed by atoms with Crippen LogP contribution in [0.25, 0.3) is 22.1 Å². The fourth-order valence-corrected chi connectivity index (χ4v) is 5.99. The molecule has 0 aliphatic rings. The summed E-state index contributed by atoms with van der Waals surface area (Å²) in [6, 6.07) is 18.3. The second kappa shape index (κ2) is 12.0. The van der Waals surface area contributed by atoms with Gasteiger partial charge in [0, 0.05) is 10.0 Å². The number of fused-ring (bicyclic) bond motifs is 2. The lowest BCUT2D eigenvalue weighted by molar-refractivity contribution is -0.123. The Labute approximate surface area is 244 Å². The van der Waals surface area contributed by atoms with Crippen LogP contribution in [0.4, 0.5) is 5.69 Å². The van der Waals surface area contributed by atoms with Gasteiger partial charge >= 0.3 is 0 Å². The van der Waals surface area contributed by atoms with Gasteiger partial charge in [-0.1, -0.05) is 78.8 Å². The van der Waals surface area contributed by atoms with Crippen molar-refractivity contribution >= 4 is 86.3 Å². The molecule has 1 atom stereocenters. The lowest BCUT2D eigenvalue weighted by Gasteiger charge is -2.25. The van der Waals surface area contributed by atoms with E-state index in [0.29, 0.717) is 26.0 Å². The Hall–Kier alpha value is -2.98. The van der Waals surface area contributed by atoms with Gasteiger partial charge in [0.25, 0.3) is 0 Å². The summed E-state index contributed by atoms with van der Waals surface area (Å²) in [5.41, 5.74) is 4.65. The maximum Gasteiger partial charge on any atom is 0.244 e. The quantitative estimate of drug-likeness (QED) is 0.169. The van der Waals surface area contributed by atoms with Crippen molar-refractivity contribution in [1.29, 1.82) is 0 Å². The van der Waals surface area contributed by atoms with Crippen molar-refractivity contribution in [3.05, 3.63) is 76.3 Å². The third-order valence-corrected chi connectivity index (χ3v) is 8.52. The zero-order chi connectivity index (χ0) is 27.5. The molecule has 200 valence electrons. The highest BCUT2D eigenvalue weighted by molar-refractivity contribution is 8.00. The van der Waals surface area contributed by atoms with Crippen LogP contribution >= 0.6 is 46.7 Å². The van der Waals surface area contributed by atoms with Gasteiger partial charge in [0.15, 0.2) is 10.3 Å². The summed E-state index contributed by atoms with van der Waals surface area (Å²) in [6.45, 7) is 4.18. The van der Waals surface area contributed by atoms with E-state index in [0.717, 1.165) is 34.1 Å². The Bertz CT molecular complexity index is 1570. The molecule has 0 fully saturated rings. The fourth-order valence-electron chi connectivity index (χ4n) is 4.18. The molecule has 39 heavy (non-hydrogen) atoms. The number of aromatic amines is 2. The van der Waals surface area contributed by atoms with Crippen LogP contribution in [0.15, 0.2) is 71.0 Å². The minimum absolute atomic E-state index is 0.0297. The van der Waals surface area contributed by atoms with Crippen molar-refractivity contribution in [3.63, 3.8) is 0 Å². The second-order valence-corrected chi connectivity index (χ2v) is 11.8. The molecule has 2 heterocycles. The number of anilines is 1. The first-order valence-corrected chi connectivity index (χ1v) is 15.1. The molecule has 0 aliphatic heterocycles. The first kappa shape index (κ1) is 27.6. The summed E-state index contributed by atoms with van der Waals surface area (Å²) in [6.07, 6.45) is 0.875. The molecule has 3 aromatic carbocycles. The smallest absolute Gasteiger partial charge is 0.244 e. The number of aromatic nitrogens is 4. The van der Waals surface area contributed by atoms with E-state index in [4.69, 9.17) is 23.2 Å². The standard InChI is InChI=1S/C28H25Cl2N5O2S2/c1-3-16(2)19-6-4-5-7-24(19)35(25(36)14-38-27-31-20-10-8-17(29)12-22(20)33-27)26(37)15-39-28-32-21-11-9-18(30)13-23(21)34-28/h4-13,16H,3,14-15H2,1-2H3,(H,31,33)(H,32,34). The van der Waals surface area contributed by atoms with E-state index in [2.05, 4.69) is 33.8 Å². The number of para-hydroxylation sites is 1. The van der Waals surface area contributed by atoms with E-state index >= 15 is 0 Å². The molecule has 0 aliphatic carbocycles. The summed E-state index contributed by atoms with van der Waals surface area (Å²) in [5, 5.41) is 2.36. The van der Waals surface area contributed by atoms with Gasteiger partial charge in [0.2, 0.25) is 11.8 Å². The first-order valence-electron chi connectivity index (χ1n) is 12.3. The van der Waals surface area contributed by atoms with Crippen LogP contribution in [0, 0.1) is 0 Å². The second-order valence-electron chi connectivity index (χ2n) is 8.98. The van der Waals surface area contributed by atoms with E-state index in [-0.39, 0.29) is 29.2 Å². The van der Waals surface area contributed by atoms with Gasteiger partial charge in [-0.15, -0.1) is 0 Å². The van der Waals surface area contributed by atoms with E-state index in [9.17, 15) is 9.59 Å². The Morgan fingerprint density at radius 3 is 1.87 bits per heavy atom. The molecular formula is C28H25Cl2N5O2S2. The van der Waals surface area contributed by atoms with Gasteiger partial charge in [-0.25, -0.2) is 14.9 Å². The predicted octanol–water partition coefficient (Wildman–Crippen LogP) is 7.70. The average Bonchev–Trinajstić information content (AvgIpc) is 3.53. The third-order valence-electron chi connectivity index (χ3n) is 6.33. The number of hydrogen-bond donors (Lipinski definition) is 2. The van der Waals surface area contributed by atoms with Crippen LogP contribution in [-0.4, -0.2) is 43.3 Å². The van der Waals surface area contributed by atoms with Gasteiger partial charge in [0.05, 0.1) is 39.3 Å². The lowest BCUT2D eigenvalue weighted by Crippen LogP contribution is -2.40. The van der Waals surface area contributed by atoms with Crippen LogP contribution in [0.2, 0.25) is 10.0 Å². The Morgan fingerprint density at radius 2 is 1.36 bits per heavy atom. The summed E-state index contributed by atoms with van der Waals surface area (Å²) >= 11 is 14.7. The number of nitrogens with zero attached hydrogens (tertiary/aromatic N) is 3. The van der Waals surface area contributed by atoms with Crippen LogP contribution in [0.1, 0.15) is 31.7 Å². The van der Waals surface area contributed by atoms with Crippen molar-refractivity contribution in [2.75, 3.05) is 16.4 Å². The van der Waals surface area contributed by atoms with Crippen LogP contribution < -0.4 is 4.90 Å². The number of rotatable bonds is 9.